The van der Waals surface area contributed by atoms with Crippen molar-refractivity contribution in [1.82, 2.24) is 4.98 Å². The summed E-state index contributed by atoms with van der Waals surface area (Å²) in [6, 6.07) is 14.7. The monoisotopic (exact) mass is 241 g/mol. The van der Waals surface area contributed by atoms with Gasteiger partial charge in [-0.1, -0.05) is 30.3 Å². The first kappa shape index (κ1) is 10.8. The summed E-state index contributed by atoms with van der Waals surface area (Å²) in [4.78, 5) is 4.21. The lowest BCUT2D eigenvalue weighted by Crippen LogP contribution is -1.90. The van der Waals surface area contributed by atoms with Crippen molar-refractivity contribution in [1.29, 1.82) is 0 Å². The summed E-state index contributed by atoms with van der Waals surface area (Å²) in [5.41, 5.74) is 2.11. The topological polar surface area (TPSA) is 55.5 Å². The molecule has 1 heterocycles. The molecule has 0 amide bonds. The third-order valence-electron chi connectivity index (χ3n) is 2.61. The van der Waals surface area contributed by atoms with Crippen molar-refractivity contribution in [2.75, 3.05) is 0 Å². The number of hydrogen-bond acceptors (Lipinski definition) is 4. The maximum atomic E-state index is 9.21. The average Bonchev–Trinajstić information content (AvgIpc) is 2.81. The SMILES string of the molecule is OCc1ccccc1Oc1nc2ccccc2o1. The molecule has 4 heteroatoms. The Morgan fingerprint density at radius 2 is 1.83 bits per heavy atom. The molecule has 0 saturated carbocycles. The van der Waals surface area contributed by atoms with E-state index in [-0.39, 0.29) is 12.7 Å². The van der Waals surface area contributed by atoms with Crippen LogP contribution in [0.2, 0.25) is 0 Å². The molecule has 0 aliphatic rings. The van der Waals surface area contributed by atoms with Gasteiger partial charge in [-0.05, 0) is 18.2 Å². The summed E-state index contributed by atoms with van der Waals surface area (Å²) in [5, 5.41) is 9.21. The quantitative estimate of drug-likeness (QED) is 0.765. The second-order valence-electron chi connectivity index (χ2n) is 3.82. The van der Waals surface area contributed by atoms with Gasteiger partial charge in [-0.3, -0.25) is 0 Å². The van der Waals surface area contributed by atoms with Crippen LogP contribution in [0.5, 0.6) is 11.8 Å². The zero-order valence-corrected chi connectivity index (χ0v) is 9.54. The van der Waals surface area contributed by atoms with E-state index in [1.807, 2.05) is 36.4 Å². The number of aliphatic hydroxyl groups excluding tert-OH is 1. The highest BCUT2D eigenvalue weighted by Gasteiger charge is 2.09. The van der Waals surface area contributed by atoms with Crippen LogP contribution in [0.3, 0.4) is 0 Å². The lowest BCUT2D eigenvalue weighted by Gasteiger charge is -2.04. The fourth-order valence-electron chi connectivity index (χ4n) is 1.72. The number of oxazole rings is 1. The molecule has 0 aliphatic carbocycles. The molecule has 0 spiro atoms. The highest BCUT2D eigenvalue weighted by atomic mass is 16.6. The van der Waals surface area contributed by atoms with Crippen molar-refractivity contribution in [3.63, 3.8) is 0 Å². The van der Waals surface area contributed by atoms with Gasteiger partial charge in [0.15, 0.2) is 5.58 Å². The molecule has 4 nitrogen and oxygen atoms in total. The molecule has 0 aliphatic heterocycles. The number of para-hydroxylation sites is 3. The summed E-state index contributed by atoms with van der Waals surface area (Å²) in [7, 11) is 0. The van der Waals surface area contributed by atoms with Crippen molar-refractivity contribution in [2.24, 2.45) is 0 Å². The second kappa shape index (κ2) is 4.50. The number of aliphatic hydroxyl groups is 1. The number of rotatable bonds is 3. The first-order valence-corrected chi connectivity index (χ1v) is 5.59. The van der Waals surface area contributed by atoms with E-state index in [2.05, 4.69) is 4.98 Å². The van der Waals surface area contributed by atoms with Crippen LogP contribution in [0.4, 0.5) is 0 Å². The minimum atomic E-state index is -0.0869. The molecule has 3 rings (SSSR count). The van der Waals surface area contributed by atoms with Gasteiger partial charge in [-0.2, -0.15) is 4.98 Å². The van der Waals surface area contributed by atoms with Crippen LogP contribution in [0.25, 0.3) is 11.1 Å². The third kappa shape index (κ3) is 1.94. The van der Waals surface area contributed by atoms with E-state index in [1.165, 1.54) is 0 Å². The van der Waals surface area contributed by atoms with Gasteiger partial charge in [0, 0.05) is 5.56 Å². The van der Waals surface area contributed by atoms with E-state index in [0.717, 1.165) is 5.52 Å². The first-order valence-electron chi connectivity index (χ1n) is 5.59. The molecule has 0 radical (unpaired) electrons. The number of nitrogens with zero attached hydrogens (tertiary/aromatic N) is 1. The average molecular weight is 241 g/mol. The Balaban J connectivity index is 1.96. The zero-order chi connectivity index (χ0) is 12.4. The molecule has 0 atom stereocenters. The summed E-state index contributed by atoms with van der Waals surface area (Å²) >= 11 is 0. The largest absolute Gasteiger partial charge is 0.411 e. The smallest absolute Gasteiger partial charge is 0.400 e. The van der Waals surface area contributed by atoms with Gasteiger partial charge in [0.05, 0.1) is 6.61 Å². The first-order chi connectivity index (χ1) is 8.86. The lowest BCUT2D eigenvalue weighted by atomic mass is 10.2. The van der Waals surface area contributed by atoms with Gasteiger partial charge < -0.3 is 14.3 Å². The molecule has 0 fully saturated rings. The van der Waals surface area contributed by atoms with Crippen LogP contribution >= 0.6 is 0 Å². The van der Waals surface area contributed by atoms with Gasteiger partial charge in [-0.15, -0.1) is 0 Å². The van der Waals surface area contributed by atoms with Gasteiger partial charge in [0.25, 0.3) is 0 Å². The van der Waals surface area contributed by atoms with Crippen LogP contribution in [0, 0.1) is 0 Å². The summed E-state index contributed by atoms with van der Waals surface area (Å²) in [6.45, 7) is -0.0869. The van der Waals surface area contributed by atoms with Gasteiger partial charge in [-0.25, -0.2) is 0 Å². The molecular weight excluding hydrogens is 230 g/mol. The van der Waals surface area contributed by atoms with Crippen molar-refractivity contribution in [3.05, 3.63) is 54.1 Å². The molecular formula is C14H11NO3. The number of fused-ring (bicyclic) bond motifs is 1. The standard InChI is InChI=1S/C14H11NO3/c16-9-10-5-1-3-7-12(10)17-14-15-11-6-2-4-8-13(11)18-14/h1-8,16H,9H2. The predicted octanol–water partition coefficient (Wildman–Crippen LogP) is 3.11. The molecule has 0 unspecified atom stereocenters. The molecule has 2 aromatic carbocycles. The summed E-state index contributed by atoms with van der Waals surface area (Å²) in [6.07, 6.45) is 0.178. The van der Waals surface area contributed by atoms with E-state index >= 15 is 0 Å². The highest BCUT2D eigenvalue weighted by molar-refractivity contribution is 5.72. The van der Waals surface area contributed by atoms with Gasteiger partial charge in [0.2, 0.25) is 0 Å². The zero-order valence-electron chi connectivity index (χ0n) is 9.54. The predicted molar refractivity (Wildman–Crippen MR) is 66.4 cm³/mol. The Labute approximate surface area is 103 Å². The number of aromatic nitrogens is 1. The summed E-state index contributed by atoms with van der Waals surface area (Å²) in [5.74, 6) is 0.548. The van der Waals surface area contributed by atoms with E-state index < -0.39 is 0 Å². The van der Waals surface area contributed by atoms with E-state index in [9.17, 15) is 5.11 Å². The molecule has 1 aromatic heterocycles. The van der Waals surface area contributed by atoms with Crippen LogP contribution < -0.4 is 4.74 Å². The van der Waals surface area contributed by atoms with Crippen molar-refractivity contribution in [2.45, 2.75) is 6.61 Å². The fourth-order valence-corrected chi connectivity index (χ4v) is 1.72. The Kier molecular flexibility index (Phi) is 2.70. The van der Waals surface area contributed by atoms with Crippen LogP contribution in [0.15, 0.2) is 52.9 Å². The highest BCUT2D eigenvalue weighted by Crippen LogP contribution is 2.27. The molecule has 0 bridgehead atoms. The number of benzene rings is 2. The number of ether oxygens (including phenoxy) is 1. The van der Waals surface area contributed by atoms with Crippen LogP contribution in [-0.2, 0) is 6.61 Å². The van der Waals surface area contributed by atoms with Crippen LogP contribution in [-0.4, -0.2) is 10.1 Å². The van der Waals surface area contributed by atoms with E-state index in [1.54, 1.807) is 12.1 Å². The van der Waals surface area contributed by atoms with Gasteiger partial charge >= 0.3 is 6.08 Å². The second-order valence-corrected chi connectivity index (χ2v) is 3.82. The van der Waals surface area contributed by atoms with E-state index in [0.29, 0.717) is 16.9 Å². The maximum absolute atomic E-state index is 9.21. The summed E-state index contributed by atoms with van der Waals surface area (Å²) < 4.78 is 11.0. The normalized spacial score (nSPS) is 10.7. The van der Waals surface area contributed by atoms with Crippen molar-refractivity contribution in [3.8, 4) is 11.8 Å². The minimum absolute atomic E-state index is 0.0869. The van der Waals surface area contributed by atoms with Gasteiger partial charge in [0.1, 0.15) is 11.3 Å². The van der Waals surface area contributed by atoms with Crippen molar-refractivity contribution >= 4 is 11.1 Å². The van der Waals surface area contributed by atoms with E-state index in [4.69, 9.17) is 9.15 Å². The molecule has 90 valence electrons. The van der Waals surface area contributed by atoms with Crippen molar-refractivity contribution < 1.29 is 14.3 Å². The Morgan fingerprint density at radius 1 is 1.06 bits per heavy atom. The molecule has 1 N–H and O–H groups in total. The Hall–Kier alpha value is -2.33. The lowest BCUT2D eigenvalue weighted by molar-refractivity contribution is 0.270. The molecule has 0 saturated heterocycles. The maximum Gasteiger partial charge on any atom is 0.400 e. The Bertz CT molecular complexity index is 642. The fraction of sp³-hybridized carbons (Fsp3) is 0.0714. The molecule has 3 aromatic rings. The number of hydrogen-bond donors (Lipinski definition) is 1. The Morgan fingerprint density at radius 3 is 2.67 bits per heavy atom. The van der Waals surface area contributed by atoms with Crippen LogP contribution in [0.1, 0.15) is 5.56 Å². The molecule has 18 heavy (non-hydrogen) atoms. The minimum Gasteiger partial charge on any atom is -0.411 e. The third-order valence-corrected chi connectivity index (χ3v) is 2.61.